The minimum atomic E-state index is -0.326. The first-order valence-corrected chi connectivity index (χ1v) is 3.38. The van der Waals surface area contributed by atoms with E-state index in [4.69, 9.17) is 0 Å². The lowest BCUT2D eigenvalue weighted by atomic mass is 10.3. The molecule has 0 aliphatic carbocycles. The highest BCUT2D eigenvalue weighted by molar-refractivity contribution is 4.32. The molecule has 0 aromatic carbocycles. The Morgan fingerprint density at radius 3 is 2.44 bits per heavy atom. The summed E-state index contributed by atoms with van der Waals surface area (Å²) in [5, 5.41) is 11.1. The summed E-state index contributed by atoms with van der Waals surface area (Å²) in [7, 11) is 3.30. The molecule has 3 heteroatoms. The van der Waals surface area contributed by atoms with Gasteiger partial charge in [0, 0.05) is 7.05 Å². The molecule has 0 amide bonds. The summed E-state index contributed by atoms with van der Waals surface area (Å²) in [5.41, 5.74) is 2.66. The number of hydrogen-bond acceptors (Lipinski definition) is 2. The minimum Gasteiger partial charge on any atom is -0.612 e. The number of rotatable bonds is 4. The SMILES string of the molecule is CCCC[N+](C)([O-])NC. The average molecular weight is 132 g/mol. The van der Waals surface area contributed by atoms with E-state index < -0.39 is 0 Å². The third-order valence-corrected chi connectivity index (χ3v) is 1.41. The van der Waals surface area contributed by atoms with E-state index in [0.717, 1.165) is 12.8 Å². The second kappa shape index (κ2) is 3.82. The van der Waals surface area contributed by atoms with Crippen LogP contribution < -0.4 is 5.43 Å². The monoisotopic (exact) mass is 132 g/mol. The van der Waals surface area contributed by atoms with Crippen molar-refractivity contribution in [2.45, 2.75) is 19.8 Å². The lowest BCUT2D eigenvalue weighted by Gasteiger charge is -2.36. The molecule has 0 aliphatic heterocycles. The molecule has 3 nitrogen and oxygen atoms in total. The van der Waals surface area contributed by atoms with Crippen molar-refractivity contribution in [3.05, 3.63) is 5.21 Å². The van der Waals surface area contributed by atoms with E-state index in [-0.39, 0.29) is 4.76 Å². The molecule has 0 spiro atoms. The van der Waals surface area contributed by atoms with Gasteiger partial charge in [-0.15, -0.1) is 0 Å². The van der Waals surface area contributed by atoms with E-state index in [1.54, 1.807) is 14.1 Å². The van der Waals surface area contributed by atoms with Crippen LogP contribution in [-0.2, 0) is 0 Å². The maximum Gasteiger partial charge on any atom is 0.0957 e. The first kappa shape index (κ1) is 8.88. The molecule has 0 radical (unpaired) electrons. The Balaban J connectivity index is 3.33. The first-order valence-electron chi connectivity index (χ1n) is 3.38. The van der Waals surface area contributed by atoms with Gasteiger partial charge in [-0.3, -0.25) is 4.76 Å². The second-order valence-corrected chi connectivity index (χ2v) is 2.40. The van der Waals surface area contributed by atoms with Crippen LogP contribution in [0.25, 0.3) is 0 Å². The molecule has 0 saturated heterocycles. The Morgan fingerprint density at radius 2 is 2.11 bits per heavy atom. The van der Waals surface area contributed by atoms with Crippen LogP contribution in [0.3, 0.4) is 0 Å². The molecule has 56 valence electrons. The Labute approximate surface area is 56.8 Å². The molecule has 0 aliphatic rings. The van der Waals surface area contributed by atoms with E-state index in [0.29, 0.717) is 6.54 Å². The molecule has 1 N–H and O–H groups in total. The zero-order valence-corrected chi connectivity index (χ0v) is 6.48. The Kier molecular flexibility index (Phi) is 3.77. The molecule has 0 rings (SSSR count). The predicted molar refractivity (Wildman–Crippen MR) is 38.4 cm³/mol. The van der Waals surface area contributed by atoms with Crippen molar-refractivity contribution < 1.29 is 4.76 Å². The summed E-state index contributed by atoms with van der Waals surface area (Å²) < 4.78 is -0.326. The maximum atomic E-state index is 11.1. The third kappa shape index (κ3) is 4.39. The van der Waals surface area contributed by atoms with Gasteiger partial charge in [0.1, 0.15) is 0 Å². The highest BCUT2D eigenvalue weighted by Gasteiger charge is 2.03. The predicted octanol–water partition coefficient (Wildman–Crippen LogP) is 0.865. The van der Waals surface area contributed by atoms with Crippen LogP contribution in [0.1, 0.15) is 19.8 Å². The fourth-order valence-electron chi connectivity index (χ4n) is 0.572. The molecule has 0 bridgehead atoms. The van der Waals surface area contributed by atoms with E-state index >= 15 is 0 Å². The van der Waals surface area contributed by atoms with E-state index in [1.807, 2.05) is 0 Å². The quantitative estimate of drug-likeness (QED) is 0.455. The molecule has 0 fully saturated rings. The smallest absolute Gasteiger partial charge is 0.0957 e. The van der Waals surface area contributed by atoms with Gasteiger partial charge in [-0.05, 0) is 6.42 Å². The summed E-state index contributed by atoms with van der Waals surface area (Å²) in [4.78, 5) is 0. The Morgan fingerprint density at radius 1 is 1.56 bits per heavy atom. The van der Waals surface area contributed by atoms with Crippen molar-refractivity contribution in [3.8, 4) is 0 Å². The molecule has 0 aromatic heterocycles. The Bertz CT molecular complexity index is 73.5. The maximum absolute atomic E-state index is 11.1. The largest absolute Gasteiger partial charge is 0.612 e. The molecular formula is C6H16N2O. The van der Waals surface area contributed by atoms with Gasteiger partial charge in [-0.2, -0.15) is 5.43 Å². The van der Waals surface area contributed by atoms with Crippen molar-refractivity contribution in [2.75, 3.05) is 20.6 Å². The van der Waals surface area contributed by atoms with Gasteiger partial charge < -0.3 is 5.21 Å². The number of nitrogens with one attached hydrogen (secondary N) is 1. The molecule has 1 unspecified atom stereocenters. The van der Waals surface area contributed by atoms with E-state index in [9.17, 15) is 5.21 Å². The summed E-state index contributed by atoms with van der Waals surface area (Å²) in [6.45, 7) is 2.74. The average Bonchev–Trinajstić information content (AvgIpc) is 1.84. The van der Waals surface area contributed by atoms with Gasteiger partial charge in [0.25, 0.3) is 0 Å². The summed E-state index contributed by atoms with van der Waals surface area (Å²) in [6.07, 6.45) is 2.07. The van der Waals surface area contributed by atoms with Gasteiger partial charge in [0.05, 0.1) is 13.6 Å². The third-order valence-electron chi connectivity index (χ3n) is 1.41. The second-order valence-electron chi connectivity index (χ2n) is 2.40. The fourth-order valence-corrected chi connectivity index (χ4v) is 0.572. The molecule has 1 atom stereocenters. The normalized spacial score (nSPS) is 17.3. The van der Waals surface area contributed by atoms with Gasteiger partial charge in [0.2, 0.25) is 0 Å². The number of unbranched alkanes of at least 4 members (excludes halogenated alkanes) is 1. The minimum absolute atomic E-state index is 0.326. The summed E-state index contributed by atoms with van der Waals surface area (Å²) in [5.74, 6) is 0. The van der Waals surface area contributed by atoms with E-state index in [1.165, 1.54) is 0 Å². The highest BCUT2D eigenvalue weighted by Crippen LogP contribution is 1.96. The molecule has 0 saturated carbocycles. The van der Waals surface area contributed by atoms with Crippen molar-refractivity contribution in [1.82, 2.24) is 5.43 Å². The van der Waals surface area contributed by atoms with Crippen molar-refractivity contribution in [1.29, 1.82) is 0 Å². The highest BCUT2D eigenvalue weighted by atomic mass is 16.6. The molecule has 0 aromatic rings. The summed E-state index contributed by atoms with van der Waals surface area (Å²) >= 11 is 0. The standard InChI is InChI=1S/C6H16N2O/c1-4-5-6-8(3,9)7-2/h7H,4-6H2,1-3H3. The number of nitrogens with zero attached hydrogens (tertiary/aromatic N) is 1. The Hall–Kier alpha value is -0.120. The zero-order chi connectivity index (χ0) is 7.33. The van der Waals surface area contributed by atoms with Crippen molar-refractivity contribution >= 4 is 0 Å². The van der Waals surface area contributed by atoms with Crippen LogP contribution in [0.2, 0.25) is 0 Å². The lowest BCUT2D eigenvalue weighted by Crippen LogP contribution is -2.48. The molecule has 9 heavy (non-hydrogen) atoms. The van der Waals surface area contributed by atoms with Crippen molar-refractivity contribution in [2.24, 2.45) is 0 Å². The fraction of sp³-hybridized carbons (Fsp3) is 1.00. The number of hydrogen-bond donors (Lipinski definition) is 1. The lowest BCUT2D eigenvalue weighted by molar-refractivity contribution is -0.903. The number of quaternary nitrogens is 1. The van der Waals surface area contributed by atoms with Crippen LogP contribution in [-0.4, -0.2) is 25.4 Å². The van der Waals surface area contributed by atoms with Crippen LogP contribution in [0.5, 0.6) is 0 Å². The topological polar surface area (TPSA) is 35.1 Å². The first-order chi connectivity index (χ1) is 4.12. The van der Waals surface area contributed by atoms with Crippen molar-refractivity contribution in [3.63, 3.8) is 0 Å². The summed E-state index contributed by atoms with van der Waals surface area (Å²) in [6, 6.07) is 0. The van der Waals surface area contributed by atoms with Gasteiger partial charge in [-0.25, -0.2) is 0 Å². The van der Waals surface area contributed by atoms with Gasteiger partial charge in [-0.1, -0.05) is 13.3 Å². The van der Waals surface area contributed by atoms with E-state index in [2.05, 4.69) is 12.3 Å². The number of hydroxylamine groups is 2. The van der Waals surface area contributed by atoms with Crippen LogP contribution in [0, 0.1) is 5.21 Å². The molecule has 0 heterocycles. The van der Waals surface area contributed by atoms with Crippen LogP contribution in [0.4, 0.5) is 0 Å². The van der Waals surface area contributed by atoms with Gasteiger partial charge >= 0.3 is 0 Å². The van der Waals surface area contributed by atoms with Crippen LogP contribution >= 0.6 is 0 Å². The molecular weight excluding hydrogens is 116 g/mol. The van der Waals surface area contributed by atoms with Gasteiger partial charge in [0.15, 0.2) is 0 Å². The zero-order valence-electron chi connectivity index (χ0n) is 6.48. The van der Waals surface area contributed by atoms with Crippen LogP contribution in [0.15, 0.2) is 0 Å².